The number of thiazole rings is 1. The molecule has 2 N–H and O–H groups in total. The van der Waals surface area contributed by atoms with Crippen molar-refractivity contribution in [2.24, 2.45) is 0 Å². The van der Waals surface area contributed by atoms with Crippen LogP contribution in [0.2, 0.25) is 0 Å². The van der Waals surface area contributed by atoms with Crippen molar-refractivity contribution in [2.75, 3.05) is 82.0 Å². The molecule has 5 heterocycles. The van der Waals surface area contributed by atoms with Crippen molar-refractivity contribution in [2.45, 2.75) is 38.1 Å². The summed E-state index contributed by atoms with van der Waals surface area (Å²) in [6, 6.07) is 3.71. The van der Waals surface area contributed by atoms with Crippen molar-refractivity contribution < 1.29 is 46.6 Å². The zero-order valence-electron chi connectivity index (χ0n) is 29.9. The van der Waals surface area contributed by atoms with E-state index >= 15 is 4.39 Å². The molecule has 14 nitrogen and oxygen atoms in total. The van der Waals surface area contributed by atoms with Gasteiger partial charge in [-0.15, -0.1) is 11.3 Å². The summed E-state index contributed by atoms with van der Waals surface area (Å²) in [6.07, 6.45) is 1.60. The summed E-state index contributed by atoms with van der Waals surface area (Å²) >= 11 is 1.42. The molecular weight excluding hydrogens is 744 g/mol. The SMILES string of the molecule is O=C1CCC(N2C(=O)c3cc(F)c(N4CCN(C(=O)CCCCNCCOc5c(-c6csc(N7CCOCC7)n6)ccc(F)c5F)CC4)cc3C2=O)C(=O)N1. The molecule has 1 unspecified atom stereocenters. The molecule has 18 heteroatoms. The fraction of sp³-hybridized carbons (Fsp3) is 0.459. The zero-order valence-corrected chi connectivity index (χ0v) is 30.7. The van der Waals surface area contributed by atoms with Crippen LogP contribution in [0.3, 0.4) is 0 Å². The van der Waals surface area contributed by atoms with Gasteiger partial charge in [0.05, 0.1) is 35.7 Å². The Hall–Kier alpha value is -5.07. The Bertz CT molecular complexity index is 1980. The quantitative estimate of drug-likeness (QED) is 0.195. The van der Waals surface area contributed by atoms with Crippen LogP contribution in [0.15, 0.2) is 29.6 Å². The van der Waals surface area contributed by atoms with E-state index < -0.39 is 47.1 Å². The largest absolute Gasteiger partial charge is 0.488 e. The highest BCUT2D eigenvalue weighted by Gasteiger charge is 2.45. The van der Waals surface area contributed by atoms with Gasteiger partial charge < -0.3 is 29.5 Å². The van der Waals surface area contributed by atoms with Crippen LogP contribution in [0.4, 0.5) is 24.0 Å². The molecule has 0 radical (unpaired) electrons. The summed E-state index contributed by atoms with van der Waals surface area (Å²) in [7, 11) is 0. The maximum absolute atomic E-state index is 15.3. The summed E-state index contributed by atoms with van der Waals surface area (Å²) in [5.74, 6) is -5.72. The van der Waals surface area contributed by atoms with Gasteiger partial charge in [0.1, 0.15) is 18.5 Å². The number of nitrogens with zero attached hydrogens (tertiary/aromatic N) is 5. The number of imide groups is 2. The van der Waals surface area contributed by atoms with Crippen LogP contribution in [0, 0.1) is 17.5 Å². The molecule has 3 saturated heterocycles. The molecule has 3 aromatic rings. The first kappa shape index (κ1) is 38.2. The van der Waals surface area contributed by atoms with Gasteiger partial charge in [0.2, 0.25) is 23.5 Å². The molecule has 55 heavy (non-hydrogen) atoms. The summed E-state index contributed by atoms with van der Waals surface area (Å²) in [4.78, 5) is 74.0. The van der Waals surface area contributed by atoms with Crippen LogP contribution in [-0.2, 0) is 19.1 Å². The number of aromatic nitrogens is 1. The number of amides is 5. The van der Waals surface area contributed by atoms with Gasteiger partial charge in [-0.1, -0.05) is 0 Å². The maximum atomic E-state index is 15.3. The molecule has 2 aromatic carbocycles. The molecule has 0 aliphatic carbocycles. The van der Waals surface area contributed by atoms with Gasteiger partial charge in [-0.2, -0.15) is 4.39 Å². The Morgan fingerprint density at radius 2 is 1.65 bits per heavy atom. The Morgan fingerprint density at radius 1 is 0.909 bits per heavy atom. The first-order valence-corrected chi connectivity index (χ1v) is 19.2. The summed E-state index contributed by atoms with van der Waals surface area (Å²) in [6.45, 7) is 4.97. The predicted molar refractivity (Wildman–Crippen MR) is 195 cm³/mol. The summed E-state index contributed by atoms with van der Waals surface area (Å²) < 4.78 is 55.4. The molecular formula is C37H40F3N7O7S. The summed E-state index contributed by atoms with van der Waals surface area (Å²) in [5, 5.41) is 7.92. The van der Waals surface area contributed by atoms with Crippen LogP contribution in [0.25, 0.3) is 11.3 Å². The lowest BCUT2D eigenvalue weighted by atomic mass is 10.0. The second-order valence-electron chi connectivity index (χ2n) is 13.6. The van der Waals surface area contributed by atoms with Gasteiger partial charge in [-0.25, -0.2) is 13.8 Å². The molecule has 1 aromatic heterocycles. The Kier molecular flexibility index (Phi) is 11.6. The topological polar surface area (TPSA) is 154 Å². The third-order valence-electron chi connectivity index (χ3n) is 10.1. The summed E-state index contributed by atoms with van der Waals surface area (Å²) in [5.41, 5.74) is 0.862. The van der Waals surface area contributed by atoms with Gasteiger partial charge in [0.15, 0.2) is 16.7 Å². The lowest BCUT2D eigenvalue weighted by molar-refractivity contribution is -0.136. The third-order valence-corrected chi connectivity index (χ3v) is 11.0. The second kappa shape index (κ2) is 16.7. The second-order valence-corrected chi connectivity index (χ2v) is 14.4. The first-order chi connectivity index (χ1) is 26.6. The van der Waals surface area contributed by atoms with Crippen molar-refractivity contribution in [1.29, 1.82) is 0 Å². The fourth-order valence-corrected chi connectivity index (χ4v) is 7.99. The normalized spacial score (nSPS) is 18.9. The van der Waals surface area contributed by atoms with E-state index in [1.54, 1.807) is 15.2 Å². The molecule has 5 amide bonds. The number of hydrogen-bond acceptors (Lipinski definition) is 12. The van der Waals surface area contributed by atoms with E-state index in [1.165, 1.54) is 23.5 Å². The molecule has 3 fully saturated rings. The van der Waals surface area contributed by atoms with Crippen molar-refractivity contribution in [3.8, 4) is 17.0 Å². The third kappa shape index (κ3) is 8.16. The number of ether oxygens (including phenoxy) is 2. The average molecular weight is 784 g/mol. The van der Waals surface area contributed by atoms with Crippen molar-refractivity contribution in [1.82, 2.24) is 25.4 Å². The fourth-order valence-electron chi connectivity index (χ4n) is 7.12. The Morgan fingerprint density at radius 3 is 2.40 bits per heavy atom. The van der Waals surface area contributed by atoms with E-state index in [2.05, 4.69) is 20.5 Å². The zero-order chi connectivity index (χ0) is 38.6. The molecule has 0 spiro atoms. The number of benzene rings is 2. The number of morpholine rings is 1. The van der Waals surface area contributed by atoms with E-state index in [0.29, 0.717) is 96.1 Å². The number of hydrogen-bond donors (Lipinski definition) is 2. The van der Waals surface area contributed by atoms with Crippen LogP contribution in [0.5, 0.6) is 5.75 Å². The molecule has 1 atom stereocenters. The number of halogens is 3. The smallest absolute Gasteiger partial charge is 0.262 e. The first-order valence-electron chi connectivity index (χ1n) is 18.3. The van der Waals surface area contributed by atoms with Crippen LogP contribution >= 0.6 is 11.3 Å². The molecule has 0 bridgehead atoms. The highest BCUT2D eigenvalue weighted by molar-refractivity contribution is 7.14. The van der Waals surface area contributed by atoms with E-state index in [-0.39, 0.29) is 47.9 Å². The minimum atomic E-state index is -1.15. The number of nitrogens with one attached hydrogen (secondary N) is 2. The Labute approximate surface area is 318 Å². The lowest BCUT2D eigenvalue weighted by Gasteiger charge is -2.36. The molecule has 7 rings (SSSR count). The molecule has 292 valence electrons. The number of carbonyl (C=O) groups excluding carboxylic acids is 5. The van der Waals surface area contributed by atoms with E-state index in [4.69, 9.17) is 9.47 Å². The van der Waals surface area contributed by atoms with Gasteiger partial charge in [0.25, 0.3) is 11.8 Å². The average Bonchev–Trinajstić information content (AvgIpc) is 3.77. The molecule has 0 saturated carbocycles. The van der Waals surface area contributed by atoms with Crippen molar-refractivity contribution in [3.63, 3.8) is 0 Å². The van der Waals surface area contributed by atoms with Crippen molar-refractivity contribution >= 4 is 51.7 Å². The molecule has 4 aliphatic rings. The maximum Gasteiger partial charge on any atom is 0.262 e. The van der Waals surface area contributed by atoms with Crippen LogP contribution in [0.1, 0.15) is 52.8 Å². The minimum Gasteiger partial charge on any atom is -0.488 e. The standard InChI is InChI=1S/C37H40F3N7O7S/c38-25-5-4-22(27-21-55-37(42-27)46-14-17-53-18-15-46)33(32(25)40)54-16-9-41-8-2-1-3-31(49)45-12-10-44(11-13-45)29-20-24-23(19-26(29)39)35(51)47(36(24)52)28-6-7-30(48)43-34(28)50/h4-5,19-21,28,41H,1-3,6-18H2,(H,43,48,50). The number of fused-ring (bicyclic) bond motifs is 1. The minimum absolute atomic E-state index is 0.000186. The number of piperazine rings is 1. The highest BCUT2D eigenvalue weighted by Crippen LogP contribution is 2.37. The van der Waals surface area contributed by atoms with Crippen LogP contribution in [-0.4, -0.2) is 123 Å². The number of carbonyl (C=O) groups is 5. The number of piperidine rings is 1. The number of unbranched alkanes of at least 4 members (excludes halogenated alkanes) is 1. The Balaban J connectivity index is 0.828. The van der Waals surface area contributed by atoms with Gasteiger partial charge in [-0.3, -0.25) is 34.2 Å². The van der Waals surface area contributed by atoms with E-state index in [1.807, 2.05) is 0 Å². The lowest BCUT2D eigenvalue weighted by Crippen LogP contribution is -2.54. The van der Waals surface area contributed by atoms with E-state index in [0.717, 1.165) is 22.2 Å². The van der Waals surface area contributed by atoms with Crippen LogP contribution < -0.4 is 25.2 Å². The monoisotopic (exact) mass is 783 g/mol. The highest BCUT2D eigenvalue weighted by atomic mass is 32.1. The van der Waals surface area contributed by atoms with Gasteiger partial charge in [0, 0.05) is 69.6 Å². The number of anilines is 2. The number of rotatable bonds is 13. The predicted octanol–water partition coefficient (Wildman–Crippen LogP) is 2.95. The van der Waals surface area contributed by atoms with E-state index in [9.17, 15) is 32.8 Å². The van der Waals surface area contributed by atoms with Crippen molar-refractivity contribution in [3.05, 3.63) is 58.2 Å². The van der Waals surface area contributed by atoms with Gasteiger partial charge in [-0.05, 0) is 50.1 Å². The van der Waals surface area contributed by atoms with Gasteiger partial charge >= 0.3 is 0 Å². The molecule has 4 aliphatic heterocycles.